The van der Waals surface area contributed by atoms with E-state index in [4.69, 9.17) is 0 Å². The molecule has 8 nitrogen and oxygen atoms in total. The lowest BCUT2D eigenvalue weighted by Crippen LogP contribution is -2.14. The van der Waals surface area contributed by atoms with E-state index < -0.39 is 22.2 Å². The molecule has 1 amide bonds. The Bertz CT molecular complexity index is 1250. The first-order valence-corrected chi connectivity index (χ1v) is 10.9. The molecule has 1 aromatic carbocycles. The van der Waals surface area contributed by atoms with Crippen LogP contribution < -0.4 is 5.32 Å². The number of aromatic hydroxyl groups is 1. The molecule has 30 heavy (non-hydrogen) atoms. The monoisotopic (exact) mass is 436 g/mol. The highest BCUT2D eigenvalue weighted by Crippen LogP contribution is 2.40. The van der Waals surface area contributed by atoms with Gasteiger partial charge in [0.2, 0.25) is 0 Å². The van der Waals surface area contributed by atoms with E-state index in [0.29, 0.717) is 5.69 Å². The smallest absolute Gasteiger partial charge is 0.280 e. The van der Waals surface area contributed by atoms with Gasteiger partial charge in [0.25, 0.3) is 12.3 Å². The zero-order valence-electron chi connectivity index (χ0n) is 15.8. The van der Waals surface area contributed by atoms with Crippen LogP contribution in [0.4, 0.5) is 14.5 Å². The molecule has 2 heterocycles. The molecule has 0 spiro atoms. The molecule has 11 heteroatoms. The third kappa shape index (κ3) is 3.72. The largest absolute Gasteiger partial charge is 0.506 e. The summed E-state index contributed by atoms with van der Waals surface area (Å²) in [6.07, 6.45) is -1.04. The summed E-state index contributed by atoms with van der Waals surface area (Å²) < 4.78 is 52.0. The number of rotatable bonds is 6. The fraction of sp³-hybridized carbons (Fsp3) is 0.316. The molecule has 0 bridgehead atoms. The maximum atomic E-state index is 13.5. The van der Waals surface area contributed by atoms with Crippen LogP contribution in [0.3, 0.4) is 0 Å². The Morgan fingerprint density at radius 1 is 1.30 bits per heavy atom. The molecule has 0 radical (unpaired) electrons. The van der Waals surface area contributed by atoms with E-state index in [1.54, 1.807) is 0 Å². The summed E-state index contributed by atoms with van der Waals surface area (Å²) in [5, 5.41) is 16.3. The Labute approximate surface area is 170 Å². The number of amides is 1. The van der Waals surface area contributed by atoms with Crippen LogP contribution in [-0.4, -0.2) is 39.8 Å². The van der Waals surface area contributed by atoms with Crippen molar-refractivity contribution in [3.05, 3.63) is 47.4 Å². The highest BCUT2D eigenvalue weighted by atomic mass is 32.2. The van der Waals surface area contributed by atoms with E-state index in [1.165, 1.54) is 25.1 Å². The normalized spacial score (nSPS) is 14.4. The molecule has 1 saturated carbocycles. The number of nitrogens with one attached hydrogen (secondary N) is 1. The highest BCUT2D eigenvalue weighted by molar-refractivity contribution is 7.91. The maximum absolute atomic E-state index is 13.5. The third-order valence-corrected chi connectivity index (χ3v) is 6.61. The molecule has 1 fully saturated rings. The van der Waals surface area contributed by atoms with Gasteiger partial charge in [-0.25, -0.2) is 26.7 Å². The minimum atomic E-state index is -3.56. The van der Waals surface area contributed by atoms with E-state index in [-0.39, 0.29) is 45.0 Å². The molecular formula is C19H18F2N4O4S. The average molecular weight is 436 g/mol. The van der Waals surface area contributed by atoms with Crippen LogP contribution >= 0.6 is 0 Å². The first-order chi connectivity index (χ1) is 14.2. The van der Waals surface area contributed by atoms with Crippen molar-refractivity contribution in [3.63, 3.8) is 0 Å². The second-order valence-electron chi connectivity index (χ2n) is 7.02. The first-order valence-electron chi connectivity index (χ1n) is 9.25. The summed E-state index contributed by atoms with van der Waals surface area (Å²) in [5.74, 6) is -1.15. The predicted octanol–water partition coefficient (Wildman–Crippen LogP) is 3.30. The van der Waals surface area contributed by atoms with Gasteiger partial charge in [0.05, 0.1) is 16.3 Å². The highest BCUT2D eigenvalue weighted by Gasteiger charge is 2.28. The van der Waals surface area contributed by atoms with E-state index in [9.17, 15) is 27.1 Å². The van der Waals surface area contributed by atoms with Gasteiger partial charge >= 0.3 is 0 Å². The van der Waals surface area contributed by atoms with Gasteiger partial charge in [0.1, 0.15) is 11.4 Å². The Kier molecular flexibility index (Phi) is 4.92. The SMILES string of the molecule is CCS(=O)(=O)c1ccc(O)c(NC(=O)c2cc3nc(C4CC4)cc(C(F)F)n3n2)c1. The van der Waals surface area contributed by atoms with E-state index in [0.717, 1.165) is 29.5 Å². The molecule has 0 saturated heterocycles. The lowest BCUT2D eigenvalue weighted by atomic mass is 10.2. The second-order valence-corrected chi connectivity index (χ2v) is 9.30. The Morgan fingerprint density at radius 2 is 2.03 bits per heavy atom. The molecule has 0 atom stereocenters. The van der Waals surface area contributed by atoms with Crippen LogP contribution in [0, 0.1) is 0 Å². The average Bonchev–Trinajstić information content (AvgIpc) is 3.47. The number of fused-ring (bicyclic) bond motifs is 1. The van der Waals surface area contributed by atoms with Gasteiger partial charge in [-0.2, -0.15) is 5.10 Å². The number of carbonyl (C=O) groups is 1. The number of benzene rings is 1. The Morgan fingerprint density at radius 3 is 2.67 bits per heavy atom. The zero-order valence-corrected chi connectivity index (χ0v) is 16.7. The Hall–Kier alpha value is -3.08. The number of phenolic OH excluding ortho intramolecular Hbond substituents is 1. The van der Waals surface area contributed by atoms with Crippen LogP contribution in [0.25, 0.3) is 5.65 Å². The van der Waals surface area contributed by atoms with Crippen LogP contribution in [0.1, 0.15) is 54.0 Å². The number of hydrogen-bond acceptors (Lipinski definition) is 6. The Balaban J connectivity index is 1.69. The molecule has 158 valence electrons. The number of aromatic nitrogens is 3. The van der Waals surface area contributed by atoms with Crippen LogP contribution in [0.15, 0.2) is 35.2 Å². The van der Waals surface area contributed by atoms with Gasteiger partial charge in [-0.1, -0.05) is 6.92 Å². The number of phenols is 1. The number of alkyl halides is 2. The summed E-state index contributed by atoms with van der Waals surface area (Å²) in [4.78, 5) is 16.9. The minimum Gasteiger partial charge on any atom is -0.506 e. The van der Waals surface area contributed by atoms with Crippen molar-refractivity contribution in [2.75, 3.05) is 11.1 Å². The molecule has 4 rings (SSSR count). The van der Waals surface area contributed by atoms with Gasteiger partial charge in [0, 0.05) is 17.7 Å². The molecule has 3 aromatic rings. The molecule has 2 aromatic heterocycles. The van der Waals surface area contributed by atoms with Crippen LogP contribution in [-0.2, 0) is 9.84 Å². The standard InChI is InChI=1S/C19H18F2N4O4S/c1-2-30(28,29)11-5-6-16(26)13(7-11)23-19(27)14-9-17-22-12(10-3-4-10)8-15(18(20)21)25(17)24-14/h5-10,18,26H,2-4H2,1H3,(H,23,27). The van der Waals surface area contributed by atoms with Gasteiger partial charge in [-0.15, -0.1) is 0 Å². The van der Waals surface area contributed by atoms with Crippen LogP contribution in [0.5, 0.6) is 5.75 Å². The van der Waals surface area contributed by atoms with Gasteiger partial charge in [-0.3, -0.25) is 4.79 Å². The van der Waals surface area contributed by atoms with E-state index >= 15 is 0 Å². The molecule has 0 aliphatic heterocycles. The predicted molar refractivity (Wildman–Crippen MR) is 104 cm³/mol. The van der Waals surface area contributed by atoms with Crippen molar-refractivity contribution in [1.29, 1.82) is 0 Å². The van der Waals surface area contributed by atoms with Gasteiger partial charge in [-0.05, 0) is 37.1 Å². The van der Waals surface area contributed by atoms with Crippen molar-refractivity contribution in [2.45, 2.75) is 37.0 Å². The molecule has 2 N–H and O–H groups in total. The van der Waals surface area contributed by atoms with Crippen molar-refractivity contribution in [2.24, 2.45) is 0 Å². The summed E-state index contributed by atoms with van der Waals surface area (Å²) in [7, 11) is -3.56. The molecule has 1 aliphatic carbocycles. The zero-order chi connectivity index (χ0) is 21.6. The van der Waals surface area contributed by atoms with E-state index in [1.807, 2.05) is 0 Å². The van der Waals surface area contributed by atoms with Gasteiger partial charge < -0.3 is 10.4 Å². The summed E-state index contributed by atoms with van der Waals surface area (Å²) in [5.41, 5.74) is -0.0289. The fourth-order valence-corrected chi connectivity index (χ4v) is 3.94. The number of nitrogens with zero attached hydrogens (tertiary/aromatic N) is 3. The maximum Gasteiger partial charge on any atom is 0.280 e. The summed E-state index contributed by atoms with van der Waals surface area (Å²) >= 11 is 0. The molecule has 0 unspecified atom stereocenters. The summed E-state index contributed by atoms with van der Waals surface area (Å²) in [6, 6.07) is 6.09. The number of hydrogen-bond donors (Lipinski definition) is 2. The molecule has 1 aliphatic rings. The number of sulfone groups is 1. The fourth-order valence-electron chi connectivity index (χ4n) is 3.03. The van der Waals surface area contributed by atoms with E-state index in [2.05, 4.69) is 15.4 Å². The van der Waals surface area contributed by atoms with Gasteiger partial charge in [0.15, 0.2) is 21.2 Å². The third-order valence-electron chi connectivity index (χ3n) is 4.88. The minimum absolute atomic E-state index is 0.0659. The lowest BCUT2D eigenvalue weighted by molar-refractivity contribution is 0.102. The second kappa shape index (κ2) is 7.31. The number of halogens is 2. The van der Waals surface area contributed by atoms with Crippen molar-refractivity contribution in [3.8, 4) is 5.75 Å². The lowest BCUT2D eigenvalue weighted by Gasteiger charge is -2.08. The van der Waals surface area contributed by atoms with Crippen molar-refractivity contribution >= 4 is 27.1 Å². The van der Waals surface area contributed by atoms with Crippen LogP contribution in [0.2, 0.25) is 0 Å². The first kappa shape index (κ1) is 20.2. The molecular weight excluding hydrogens is 418 g/mol. The quantitative estimate of drug-likeness (QED) is 0.573. The number of anilines is 1. The number of carbonyl (C=O) groups excluding carboxylic acids is 1. The summed E-state index contributed by atoms with van der Waals surface area (Å²) in [6.45, 7) is 1.47. The van der Waals surface area contributed by atoms with Crippen molar-refractivity contribution < 1.29 is 27.1 Å². The topological polar surface area (TPSA) is 114 Å². The van der Waals surface area contributed by atoms with Crippen molar-refractivity contribution in [1.82, 2.24) is 14.6 Å².